The van der Waals surface area contributed by atoms with Crippen LogP contribution in [0, 0.1) is 0 Å². The van der Waals surface area contributed by atoms with Gasteiger partial charge in [0.25, 0.3) is 10.0 Å². The summed E-state index contributed by atoms with van der Waals surface area (Å²) in [6.07, 6.45) is 2.69. The summed E-state index contributed by atoms with van der Waals surface area (Å²) >= 11 is 0. The van der Waals surface area contributed by atoms with Crippen LogP contribution >= 0.6 is 0 Å². The van der Waals surface area contributed by atoms with Crippen LogP contribution in [-0.4, -0.2) is 56.0 Å². The minimum atomic E-state index is -3.77. The third-order valence-corrected chi connectivity index (χ3v) is 6.34. The molecule has 0 aliphatic rings. The Bertz CT molecular complexity index is 1060. The Balaban J connectivity index is 0.000000321. The first-order chi connectivity index (χ1) is 13.3. The van der Waals surface area contributed by atoms with Crippen molar-refractivity contribution in [2.75, 3.05) is 0 Å². The van der Waals surface area contributed by atoms with E-state index in [1.165, 1.54) is 36.7 Å². The molecule has 0 unspecified atom stereocenters. The molecule has 29 heavy (non-hydrogen) atoms. The lowest BCUT2D eigenvalue weighted by Gasteiger charge is -2.31. The molecule has 156 valence electrons. The number of pyridine rings is 1. The Hall–Kier alpha value is -2.24. The van der Waals surface area contributed by atoms with Gasteiger partial charge in [-0.2, -0.15) is 0 Å². The van der Waals surface area contributed by atoms with Gasteiger partial charge in [0.1, 0.15) is 0 Å². The van der Waals surface area contributed by atoms with E-state index < -0.39 is 28.3 Å². The number of benzene rings is 1. The smallest absolute Gasteiger partial charge is 0.423 e. The number of aromatic nitrogens is 2. The van der Waals surface area contributed by atoms with Gasteiger partial charge in [0.2, 0.25) is 0 Å². The highest BCUT2D eigenvalue weighted by Gasteiger charge is 2.32. The summed E-state index contributed by atoms with van der Waals surface area (Å²) in [6.45, 7) is 6.31. The molecule has 0 spiro atoms. The van der Waals surface area contributed by atoms with Gasteiger partial charge in [0.05, 0.1) is 16.1 Å². The molecule has 0 aliphatic carbocycles. The van der Waals surface area contributed by atoms with E-state index in [2.05, 4.69) is 4.98 Å². The molecule has 2 aromatic heterocycles. The molecule has 10 heteroatoms. The van der Waals surface area contributed by atoms with Gasteiger partial charge >= 0.3 is 7.12 Å². The largest absolute Gasteiger partial charge is 0.489 e. The molecule has 0 fully saturated rings. The summed E-state index contributed by atoms with van der Waals surface area (Å²) in [4.78, 5) is 4.18. The molecule has 2 heterocycles. The molecule has 3 aromatic rings. The Morgan fingerprint density at radius 3 is 1.97 bits per heavy atom. The first-order valence-corrected chi connectivity index (χ1v) is 10.3. The fourth-order valence-electron chi connectivity index (χ4n) is 2.16. The van der Waals surface area contributed by atoms with E-state index in [4.69, 9.17) is 10.2 Å². The number of nitrogens with zero attached hydrogens (tertiary/aromatic N) is 2. The van der Waals surface area contributed by atoms with Crippen LogP contribution < -0.4 is 5.46 Å². The van der Waals surface area contributed by atoms with E-state index in [9.17, 15) is 18.5 Å². The number of aliphatic hydroxyl groups is 2. The zero-order valence-corrected chi connectivity index (χ0v) is 17.5. The lowest BCUT2D eigenvalue weighted by molar-refractivity contribution is -0.107. The topological polar surface area (TPSA) is 133 Å². The predicted molar refractivity (Wildman–Crippen MR) is 111 cm³/mol. The maximum atomic E-state index is 12.6. The molecule has 0 atom stereocenters. The SMILES string of the molecule is CC(C)(O)C(C)(C)O.O=S(=O)(c1ccccc1)n1ccc2c(B(O)O)ccnc21. The van der Waals surface area contributed by atoms with E-state index in [1.807, 2.05) is 0 Å². The molecule has 1 aromatic carbocycles. The van der Waals surface area contributed by atoms with Crippen LogP contribution in [0.2, 0.25) is 0 Å². The maximum absolute atomic E-state index is 12.6. The van der Waals surface area contributed by atoms with Crippen LogP contribution in [-0.2, 0) is 10.0 Å². The first-order valence-electron chi connectivity index (χ1n) is 8.84. The molecule has 0 saturated carbocycles. The third kappa shape index (κ3) is 5.03. The second-order valence-corrected chi connectivity index (χ2v) is 9.37. The van der Waals surface area contributed by atoms with Crippen molar-refractivity contribution < 1.29 is 28.7 Å². The second kappa shape index (κ2) is 8.25. The van der Waals surface area contributed by atoms with E-state index in [-0.39, 0.29) is 16.0 Å². The van der Waals surface area contributed by atoms with Gasteiger partial charge < -0.3 is 20.3 Å². The average Bonchev–Trinajstić information content (AvgIpc) is 3.06. The minimum absolute atomic E-state index is 0.138. The van der Waals surface area contributed by atoms with Gasteiger partial charge in [-0.05, 0) is 57.4 Å². The molecule has 0 amide bonds. The van der Waals surface area contributed by atoms with Crippen molar-refractivity contribution in [2.45, 2.75) is 43.8 Å². The van der Waals surface area contributed by atoms with Crippen LogP contribution in [0.5, 0.6) is 0 Å². The minimum Gasteiger partial charge on any atom is -0.423 e. The summed E-state index contributed by atoms with van der Waals surface area (Å²) in [5, 5.41) is 37.2. The standard InChI is InChI=1S/C13H11BN2O4S.C6H14O2/c17-14(18)12-6-8-15-13-11(12)7-9-16(13)21(19,20)10-4-2-1-3-5-10;1-5(2,7)6(3,4)8/h1-9,17-18H;7-8H,1-4H3. The Labute approximate surface area is 170 Å². The van der Waals surface area contributed by atoms with Gasteiger partial charge in [0.15, 0.2) is 5.65 Å². The highest BCUT2D eigenvalue weighted by Crippen LogP contribution is 2.20. The molecule has 0 aliphatic heterocycles. The molecular formula is C19H25BN2O6S. The van der Waals surface area contributed by atoms with Gasteiger partial charge in [0, 0.05) is 17.8 Å². The van der Waals surface area contributed by atoms with Crippen LogP contribution in [0.15, 0.2) is 59.8 Å². The van der Waals surface area contributed by atoms with Crippen molar-refractivity contribution in [2.24, 2.45) is 0 Å². The molecule has 8 nitrogen and oxygen atoms in total. The van der Waals surface area contributed by atoms with Crippen molar-refractivity contribution in [3.8, 4) is 0 Å². The van der Waals surface area contributed by atoms with Crippen LogP contribution in [0.4, 0.5) is 0 Å². The zero-order valence-electron chi connectivity index (χ0n) is 16.7. The maximum Gasteiger partial charge on any atom is 0.489 e. The van der Waals surface area contributed by atoms with E-state index in [1.54, 1.807) is 45.9 Å². The fraction of sp³-hybridized carbons (Fsp3) is 0.316. The van der Waals surface area contributed by atoms with Gasteiger partial charge in [-0.1, -0.05) is 18.2 Å². The Morgan fingerprint density at radius 2 is 1.48 bits per heavy atom. The summed E-state index contributed by atoms with van der Waals surface area (Å²) in [7, 11) is -5.46. The van der Waals surface area contributed by atoms with Gasteiger partial charge in [-0.15, -0.1) is 0 Å². The fourth-order valence-corrected chi connectivity index (χ4v) is 3.48. The molecule has 0 bridgehead atoms. The van der Waals surface area contributed by atoms with E-state index in [0.29, 0.717) is 5.39 Å². The van der Waals surface area contributed by atoms with Crippen molar-refractivity contribution in [3.63, 3.8) is 0 Å². The highest BCUT2D eigenvalue weighted by molar-refractivity contribution is 7.90. The second-order valence-electron chi connectivity index (χ2n) is 7.56. The summed E-state index contributed by atoms with van der Waals surface area (Å²) in [5.41, 5.74) is -1.65. The quantitative estimate of drug-likeness (QED) is 0.452. The van der Waals surface area contributed by atoms with Crippen LogP contribution in [0.1, 0.15) is 27.7 Å². The summed E-state index contributed by atoms with van der Waals surface area (Å²) in [5.74, 6) is 0. The first kappa shape index (κ1) is 23.0. The lowest BCUT2D eigenvalue weighted by atomic mass is 9.79. The van der Waals surface area contributed by atoms with Crippen LogP contribution in [0.25, 0.3) is 11.0 Å². The Morgan fingerprint density at radius 1 is 0.931 bits per heavy atom. The third-order valence-electron chi connectivity index (χ3n) is 4.66. The van der Waals surface area contributed by atoms with Crippen molar-refractivity contribution in [3.05, 3.63) is 54.9 Å². The Kier molecular flexibility index (Phi) is 6.56. The highest BCUT2D eigenvalue weighted by atomic mass is 32.2. The normalized spacial score (nSPS) is 12.4. The van der Waals surface area contributed by atoms with E-state index in [0.717, 1.165) is 3.97 Å². The molecule has 0 radical (unpaired) electrons. The van der Waals surface area contributed by atoms with Crippen molar-refractivity contribution in [1.29, 1.82) is 0 Å². The molecule has 0 saturated heterocycles. The van der Waals surface area contributed by atoms with Crippen LogP contribution in [0.3, 0.4) is 0 Å². The average molecular weight is 420 g/mol. The van der Waals surface area contributed by atoms with Crippen molar-refractivity contribution >= 4 is 33.6 Å². The predicted octanol–water partition coefficient (Wildman–Crippen LogP) is 0.481. The zero-order chi connectivity index (χ0) is 22.0. The van der Waals surface area contributed by atoms with Gasteiger partial charge in [-0.3, -0.25) is 0 Å². The molecule has 3 rings (SSSR count). The summed E-state index contributed by atoms with van der Waals surface area (Å²) < 4.78 is 26.2. The molecular weight excluding hydrogens is 395 g/mol. The lowest BCUT2D eigenvalue weighted by Crippen LogP contribution is -2.44. The summed E-state index contributed by atoms with van der Waals surface area (Å²) in [6, 6.07) is 10.9. The number of hydrogen-bond acceptors (Lipinski definition) is 7. The van der Waals surface area contributed by atoms with Gasteiger partial charge in [-0.25, -0.2) is 17.4 Å². The van der Waals surface area contributed by atoms with Crippen molar-refractivity contribution in [1.82, 2.24) is 8.96 Å². The van der Waals surface area contributed by atoms with E-state index >= 15 is 0 Å². The number of fused-ring (bicyclic) bond motifs is 1. The number of rotatable bonds is 4. The number of hydrogen-bond donors (Lipinski definition) is 4. The monoisotopic (exact) mass is 420 g/mol. The molecule has 4 N–H and O–H groups in total.